The molecular formula is C23H24N4O3S. The lowest BCUT2D eigenvalue weighted by Crippen LogP contribution is -2.37. The number of thiazole rings is 1. The third kappa shape index (κ3) is 4.86. The number of aryl methyl sites for hydroxylation is 2. The van der Waals surface area contributed by atoms with E-state index in [1.54, 1.807) is 24.1 Å². The number of carbonyl (C=O) groups excluding carboxylic acids is 1. The van der Waals surface area contributed by atoms with Crippen LogP contribution >= 0.6 is 11.3 Å². The summed E-state index contributed by atoms with van der Waals surface area (Å²) in [4.78, 5) is 19.5. The van der Waals surface area contributed by atoms with Gasteiger partial charge in [-0.3, -0.25) is 14.4 Å². The van der Waals surface area contributed by atoms with E-state index >= 15 is 0 Å². The Balaban J connectivity index is 1.54. The second-order valence-corrected chi connectivity index (χ2v) is 8.14. The fourth-order valence-electron chi connectivity index (χ4n) is 3.31. The normalized spacial score (nSPS) is 10.9. The van der Waals surface area contributed by atoms with Gasteiger partial charge in [0.2, 0.25) is 0 Å². The number of hydrogen-bond acceptors (Lipinski definition) is 6. The highest BCUT2D eigenvalue weighted by molar-refractivity contribution is 7.22. The number of carbonyl (C=O) groups is 1. The Morgan fingerprint density at radius 3 is 2.65 bits per heavy atom. The highest BCUT2D eigenvalue weighted by atomic mass is 32.1. The largest absolute Gasteiger partial charge is 0.497 e. The summed E-state index contributed by atoms with van der Waals surface area (Å²) in [7, 11) is 1.60. The molecule has 4 aromatic rings. The molecule has 0 aliphatic heterocycles. The number of amides is 1. The Morgan fingerprint density at radius 2 is 1.90 bits per heavy atom. The molecule has 0 N–H and O–H groups in total. The van der Waals surface area contributed by atoms with E-state index in [4.69, 9.17) is 9.47 Å². The summed E-state index contributed by atoms with van der Waals surface area (Å²) in [5.74, 6) is 1.09. The maximum Gasteiger partial charge on any atom is 0.266 e. The summed E-state index contributed by atoms with van der Waals surface area (Å²) >= 11 is 1.49. The van der Waals surface area contributed by atoms with Crippen molar-refractivity contribution in [3.05, 3.63) is 66.0 Å². The minimum Gasteiger partial charge on any atom is -0.497 e. The smallest absolute Gasteiger partial charge is 0.266 e. The van der Waals surface area contributed by atoms with Crippen LogP contribution in [0.4, 0.5) is 5.13 Å². The van der Waals surface area contributed by atoms with E-state index in [0.717, 1.165) is 21.6 Å². The van der Waals surface area contributed by atoms with Crippen LogP contribution in [-0.2, 0) is 11.3 Å². The van der Waals surface area contributed by atoms with Gasteiger partial charge in [0, 0.05) is 18.3 Å². The monoisotopic (exact) mass is 436 g/mol. The number of nitrogens with zero attached hydrogens (tertiary/aromatic N) is 4. The van der Waals surface area contributed by atoms with Crippen molar-refractivity contribution in [2.45, 2.75) is 20.4 Å². The average Bonchev–Trinajstić information content (AvgIpc) is 3.34. The van der Waals surface area contributed by atoms with Crippen molar-refractivity contribution in [2.75, 3.05) is 25.2 Å². The lowest BCUT2D eigenvalue weighted by atomic mass is 10.3. The van der Waals surface area contributed by atoms with E-state index in [9.17, 15) is 4.79 Å². The number of para-hydroxylation sites is 1. The fraction of sp³-hybridized carbons (Fsp3) is 0.261. The molecule has 8 heteroatoms. The Kier molecular flexibility index (Phi) is 6.18. The Morgan fingerprint density at radius 1 is 1.10 bits per heavy atom. The lowest BCUT2D eigenvalue weighted by Gasteiger charge is -2.20. The van der Waals surface area contributed by atoms with E-state index in [2.05, 4.69) is 10.1 Å². The minimum atomic E-state index is -0.164. The summed E-state index contributed by atoms with van der Waals surface area (Å²) in [6.07, 6.45) is 0. The number of anilines is 1. The van der Waals surface area contributed by atoms with Crippen molar-refractivity contribution in [2.24, 2.45) is 0 Å². The van der Waals surface area contributed by atoms with Gasteiger partial charge in [-0.2, -0.15) is 5.10 Å². The summed E-state index contributed by atoms with van der Waals surface area (Å²) in [6.45, 7) is 4.89. The molecule has 0 bridgehead atoms. The number of hydrogen-bond donors (Lipinski definition) is 0. The maximum atomic E-state index is 13.2. The summed E-state index contributed by atoms with van der Waals surface area (Å²) in [5, 5.41) is 5.16. The van der Waals surface area contributed by atoms with E-state index in [-0.39, 0.29) is 12.5 Å². The molecule has 0 fully saturated rings. The topological polar surface area (TPSA) is 69.5 Å². The number of methoxy groups -OCH3 is 1. The van der Waals surface area contributed by atoms with Crippen LogP contribution in [-0.4, -0.2) is 40.9 Å². The average molecular weight is 437 g/mol. The zero-order chi connectivity index (χ0) is 21.8. The zero-order valence-electron chi connectivity index (χ0n) is 17.7. The molecule has 1 amide bonds. The Hall–Kier alpha value is -3.39. The first-order valence-corrected chi connectivity index (χ1v) is 10.8. The molecule has 160 valence electrons. The van der Waals surface area contributed by atoms with E-state index in [0.29, 0.717) is 29.7 Å². The molecule has 2 aromatic carbocycles. The first-order valence-electron chi connectivity index (χ1n) is 9.97. The molecule has 2 aromatic heterocycles. The number of fused-ring (bicyclic) bond motifs is 1. The molecule has 0 aliphatic carbocycles. The first kappa shape index (κ1) is 20.9. The standard InChI is InChI=1S/C23H24N4O3S/c1-16-13-17(2)27(25-16)12-11-26(23-24-20-9-4-5-10-21(20)31-23)22(28)15-30-19-8-6-7-18(14-19)29-3/h4-10,13-14H,11-12,15H2,1-3H3. The van der Waals surface area contributed by atoms with Crippen LogP contribution < -0.4 is 14.4 Å². The molecule has 0 atom stereocenters. The molecule has 0 saturated carbocycles. The third-order valence-electron chi connectivity index (χ3n) is 4.86. The van der Waals surface area contributed by atoms with Crippen molar-refractivity contribution in [3.8, 4) is 11.5 Å². The summed E-state index contributed by atoms with van der Waals surface area (Å²) < 4.78 is 13.9. The van der Waals surface area contributed by atoms with Crippen LogP contribution in [0.1, 0.15) is 11.4 Å². The maximum absolute atomic E-state index is 13.2. The number of rotatable bonds is 8. The molecule has 0 aliphatic rings. The van der Waals surface area contributed by atoms with Gasteiger partial charge in [0.1, 0.15) is 11.5 Å². The van der Waals surface area contributed by atoms with E-state index in [1.807, 2.05) is 61.0 Å². The second-order valence-electron chi connectivity index (χ2n) is 7.13. The second kappa shape index (κ2) is 9.18. The quantitative estimate of drug-likeness (QED) is 0.413. The minimum absolute atomic E-state index is 0.0970. The van der Waals surface area contributed by atoms with Crippen LogP contribution in [0.25, 0.3) is 10.2 Å². The van der Waals surface area contributed by atoms with Crippen molar-refractivity contribution < 1.29 is 14.3 Å². The number of benzene rings is 2. The Bertz CT molecular complexity index is 1170. The van der Waals surface area contributed by atoms with Gasteiger partial charge in [-0.25, -0.2) is 4.98 Å². The lowest BCUT2D eigenvalue weighted by molar-refractivity contribution is -0.120. The molecule has 0 spiro atoms. The van der Waals surface area contributed by atoms with Gasteiger partial charge < -0.3 is 9.47 Å². The van der Waals surface area contributed by atoms with Gasteiger partial charge in [0.05, 0.1) is 29.6 Å². The van der Waals surface area contributed by atoms with Crippen molar-refractivity contribution in [3.63, 3.8) is 0 Å². The van der Waals surface area contributed by atoms with Gasteiger partial charge in [-0.15, -0.1) is 0 Å². The highest BCUT2D eigenvalue weighted by Crippen LogP contribution is 2.29. The first-order chi connectivity index (χ1) is 15.0. The molecule has 4 rings (SSSR count). The van der Waals surface area contributed by atoms with Crippen LogP contribution in [0.5, 0.6) is 11.5 Å². The van der Waals surface area contributed by atoms with Crippen LogP contribution in [0.15, 0.2) is 54.6 Å². The van der Waals surface area contributed by atoms with Crippen molar-refractivity contribution in [1.82, 2.24) is 14.8 Å². The van der Waals surface area contributed by atoms with E-state index < -0.39 is 0 Å². The van der Waals surface area contributed by atoms with Crippen LogP contribution in [0, 0.1) is 13.8 Å². The van der Waals surface area contributed by atoms with Crippen molar-refractivity contribution >= 4 is 32.6 Å². The fourth-order valence-corrected chi connectivity index (χ4v) is 4.32. The van der Waals surface area contributed by atoms with Gasteiger partial charge in [0.25, 0.3) is 5.91 Å². The molecule has 0 saturated heterocycles. The zero-order valence-corrected chi connectivity index (χ0v) is 18.6. The molecule has 31 heavy (non-hydrogen) atoms. The highest BCUT2D eigenvalue weighted by Gasteiger charge is 2.21. The van der Waals surface area contributed by atoms with E-state index in [1.165, 1.54) is 11.3 Å². The SMILES string of the molecule is COc1cccc(OCC(=O)N(CCn2nc(C)cc2C)c2nc3ccccc3s2)c1. The van der Waals surface area contributed by atoms with Crippen LogP contribution in [0.2, 0.25) is 0 Å². The molecule has 7 nitrogen and oxygen atoms in total. The molecule has 0 unspecified atom stereocenters. The Labute approximate surface area is 184 Å². The predicted molar refractivity (Wildman–Crippen MR) is 122 cm³/mol. The van der Waals surface area contributed by atoms with Crippen LogP contribution in [0.3, 0.4) is 0 Å². The van der Waals surface area contributed by atoms with Gasteiger partial charge in [-0.05, 0) is 44.2 Å². The molecule has 2 heterocycles. The third-order valence-corrected chi connectivity index (χ3v) is 5.92. The number of aromatic nitrogens is 3. The molecular weight excluding hydrogens is 412 g/mol. The summed E-state index contributed by atoms with van der Waals surface area (Å²) in [5.41, 5.74) is 2.89. The van der Waals surface area contributed by atoms with Gasteiger partial charge in [-0.1, -0.05) is 29.5 Å². The molecule has 0 radical (unpaired) electrons. The summed E-state index contributed by atoms with van der Waals surface area (Å²) in [6, 6.07) is 17.1. The van der Waals surface area contributed by atoms with Gasteiger partial charge >= 0.3 is 0 Å². The van der Waals surface area contributed by atoms with Crippen molar-refractivity contribution in [1.29, 1.82) is 0 Å². The predicted octanol–water partition coefficient (Wildman–Crippen LogP) is 4.23. The van der Waals surface area contributed by atoms with Gasteiger partial charge in [0.15, 0.2) is 11.7 Å². The number of ether oxygens (including phenoxy) is 2.